The van der Waals surface area contributed by atoms with Crippen molar-refractivity contribution in [2.24, 2.45) is 0 Å². The van der Waals surface area contributed by atoms with Crippen molar-refractivity contribution in [3.8, 4) is 0 Å². The normalized spacial score (nSPS) is 6.75. The van der Waals surface area contributed by atoms with Gasteiger partial charge in [-0.1, -0.05) is 0 Å². The average molecular weight is 176 g/mol. The van der Waals surface area contributed by atoms with E-state index in [1.54, 1.807) is 0 Å². The van der Waals surface area contributed by atoms with Crippen molar-refractivity contribution in [1.82, 2.24) is 0 Å². The Bertz CT molecular complexity index is 8.00. The van der Waals surface area contributed by atoms with Gasteiger partial charge in [0.2, 0.25) is 0 Å². The number of hydrogen-bond donors (Lipinski definition) is 0. The van der Waals surface area contributed by atoms with E-state index in [9.17, 15) is 8.60 Å². The summed E-state index contributed by atoms with van der Waals surface area (Å²) < 4.78 is 29.6. The molecule has 0 heterocycles. The van der Waals surface area contributed by atoms with Crippen LogP contribution in [0.4, 0.5) is 8.60 Å². The molecule has 0 aromatic carbocycles. The zero-order valence-corrected chi connectivity index (χ0v) is 4.49. The fourth-order valence-corrected chi connectivity index (χ4v) is 0. The number of rotatable bonds is 0. The molecule has 0 saturated carbocycles. The van der Waals surface area contributed by atoms with E-state index in [1.807, 2.05) is 0 Å². The Morgan fingerprint density at radius 2 is 1.00 bits per heavy atom. The van der Waals surface area contributed by atoms with Gasteiger partial charge in [-0.05, 0) is 0 Å². The van der Waals surface area contributed by atoms with E-state index in [1.165, 1.54) is 0 Å². The molecule has 0 bridgehead atoms. The Morgan fingerprint density at radius 1 is 1.00 bits per heavy atom. The summed E-state index contributed by atoms with van der Waals surface area (Å²) in [4.78, 5) is 0. The first-order chi connectivity index (χ1) is 1.73. The van der Waals surface area contributed by atoms with E-state index in [0.29, 0.717) is 0 Å². The quantitative estimate of drug-likeness (QED) is 0.480. The molecule has 4 heavy (non-hydrogen) atoms. The molecule has 0 spiro atoms. The zero-order valence-electron chi connectivity index (χ0n) is 1.63. The van der Waals surface area contributed by atoms with Gasteiger partial charge in [0, 0.05) is 0 Å². The van der Waals surface area contributed by atoms with E-state index < -0.39 is 21.5 Å². The van der Waals surface area contributed by atoms with Crippen LogP contribution < -0.4 is 0 Å². The van der Waals surface area contributed by atoms with Crippen LogP contribution in [0.1, 0.15) is 0 Å². The molecule has 0 N–H and O–H groups in total. The molecular formula is F3Sn+. The summed E-state index contributed by atoms with van der Waals surface area (Å²) in [6.45, 7) is 0. The van der Waals surface area contributed by atoms with Gasteiger partial charge in [0.05, 0.1) is 0 Å². The van der Waals surface area contributed by atoms with Crippen LogP contribution in [0.3, 0.4) is 0 Å². The zero-order chi connectivity index (χ0) is 3.58. The standard InChI is InChI=1S/3FH.Sn/h3*1H;/q;;;+4/p-3. The first-order valence-corrected chi connectivity index (χ1v) is 3.80. The minimum atomic E-state index is -5.04. The van der Waals surface area contributed by atoms with Crippen LogP contribution in [0.15, 0.2) is 0 Å². The monoisotopic (exact) mass is 177 g/mol. The van der Waals surface area contributed by atoms with Crippen molar-refractivity contribution >= 4 is 21.5 Å². The van der Waals surface area contributed by atoms with E-state index in [4.69, 9.17) is 0 Å². The summed E-state index contributed by atoms with van der Waals surface area (Å²) >= 11 is -5.04. The first-order valence-electron chi connectivity index (χ1n) is 0.567. The first kappa shape index (κ1) is 4.59. The average Bonchev–Trinajstić information content (AvgIpc) is 0.811. The molecular weight excluding hydrogens is 176 g/mol. The van der Waals surface area contributed by atoms with Crippen LogP contribution >= 0.6 is 0 Å². The van der Waals surface area contributed by atoms with Crippen molar-refractivity contribution in [2.45, 2.75) is 0 Å². The van der Waals surface area contributed by atoms with Gasteiger partial charge in [-0.25, -0.2) is 0 Å². The van der Waals surface area contributed by atoms with E-state index in [-0.39, 0.29) is 0 Å². The summed E-state index contributed by atoms with van der Waals surface area (Å²) in [5.74, 6) is 0. The third-order valence-electron chi connectivity index (χ3n) is 0. The maximum absolute atomic E-state index is 9.86. The Labute approximate surface area is 30.7 Å². The van der Waals surface area contributed by atoms with E-state index in [0.717, 1.165) is 0 Å². The summed E-state index contributed by atoms with van der Waals surface area (Å²) in [5, 5.41) is 0. The van der Waals surface area contributed by atoms with E-state index in [2.05, 4.69) is 0 Å². The molecule has 0 rings (SSSR count). The third-order valence-corrected chi connectivity index (χ3v) is 0. The molecule has 0 aromatic rings. The summed E-state index contributed by atoms with van der Waals surface area (Å²) in [7, 11) is 0. The Balaban J connectivity index is 2.32. The molecule has 0 aliphatic carbocycles. The van der Waals surface area contributed by atoms with Crippen LogP contribution in [-0.4, -0.2) is 21.5 Å². The molecule has 4 heteroatoms. The maximum atomic E-state index is 9.86. The van der Waals surface area contributed by atoms with Gasteiger partial charge in [0.15, 0.2) is 0 Å². The van der Waals surface area contributed by atoms with Gasteiger partial charge in [0.1, 0.15) is 0 Å². The minimum absolute atomic E-state index is 5.04. The fraction of sp³-hybridized carbons (Fsp3) is 0. The Morgan fingerprint density at radius 3 is 1.00 bits per heavy atom. The second kappa shape index (κ2) is 1.87. The SMILES string of the molecule is [F][Sn+]([F])[F]. The van der Waals surface area contributed by atoms with Crippen molar-refractivity contribution in [1.29, 1.82) is 0 Å². The predicted molar refractivity (Wildman–Crippen MR) is 9.08 cm³/mol. The van der Waals surface area contributed by atoms with Crippen LogP contribution in [0.25, 0.3) is 0 Å². The molecule has 0 fully saturated rings. The fourth-order valence-electron chi connectivity index (χ4n) is 0. The molecule has 0 atom stereocenters. The van der Waals surface area contributed by atoms with Crippen LogP contribution in [0, 0.1) is 0 Å². The molecule has 0 aromatic heterocycles. The van der Waals surface area contributed by atoms with Crippen LogP contribution in [0.2, 0.25) is 0 Å². The molecule has 0 aliphatic rings. The van der Waals surface area contributed by atoms with Crippen LogP contribution in [0.5, 0.6) is 0 Å². The van der Waals surface area contributed by atoms with Gasteiger partial charge in [-0.3, -0.25) is 0 Å². The number of halogens is 3. The topological polar surface area (TPSA) is 0 Å². The van der Waals surface area contributed by atoms with Gasteiger partial charge < -0.3 is 0 Å². The Hall–Kier alpha value is 0.589. The van der Waals surface area contributed by atoms with Crippen LogP contribution in [-0.2, 0) is 0 Å². The van der Waals surface area contributed by atoms with Crippen molar-refractivity contribution in [2.75, 3.05) is 0 Å². The molecule has 24 valence electrons. The van der Waals surface area contributed by atoms with Crippen molar-refractivity contribution < 1.29 is 8.60 Å². The third kappa shape index (κ3) is 18.9. The molecule has 0 aliphatic heterocycles. The summed E-state index contributed by atoms with van der Waals surface area (Å²) in [5.41, 5.74) is 0. The molecule has 0 unspecified atom stereocenters. The second-order valence-electron chi connectivity index (χ2n) is 0.214. The molecule has 0 amide bonds. The summed E-state index contributed by atoms with van der Waals surface area (Å²) in [6.07, 6.45) is 0. The summed E-state index contributed by atoms with van der Waals surface area (Å²) in [6, 6.07) is 0. The van der Waals surface area contributed by atoms with E-state index >= 15 is 0 Å². The van der Waals surface area contributed by atoms with Gasteiger partial charge in [0.25, 0.3) is 0 Å². The predicted octanol–water partition coefficient (Wildman–Crippen LogP) is 0.880. The van der Waals surface area contributed by atoms with Gasteiger partial charge >= 0.3 is 30.1 Å². The van der Waals surface area contributed by atoms with Gasteiger partial charge in [-0.2, -0.15) is 0 Å². The second-order valence-corrected chi connectivity index (χ2v) is 1.44. The molecule has 0 saturated heterocycles. The Kier molecular flexibility index (Phi) is 2.14. The molecule has 0 nitrogen and oxygen atoms in total. The number of hydrogen-bond acceptors (Lipinski definition) is 0. The van der Waals surface area contributed by atoms with Crippen molar-refractivity contribution in [3.63, 3.8) is 0 Å². The van der Waals surface area contributed by atoms with Gasteiger partial charge in [-0.15, -0.1) is 0 Å². The molecule has 0 radical (unpaired) electrons. The van der Waals surface area contributed by atoms with Crippen molar-refractivity contribution in [3.05, 3.63) is 0 Å².